The lowest BCUT2D eigenvalue weighted by Crippen LogP contribution is -2.35. The van der Waals surface area contributed by atoms with Crippen LogP contribution in [0.3, 0.4) is 0 Å². The van der Waals surface area contributed by atoms with Crippen LogP contribution in [0.25, 0.3) is 0 Å². The van der Waals surface area contributed by atoms with Crippen LogP contribution < -0.4 is 5.32 Å². The summed E-state index contributed by atoms with van der Waals surface area (Å²) in [4.78, 5) is 13.2. The average molecular weight is 288 g/mol. The zero-order chi connectivity index (χ0) is 15.3. The minimum absolute atomic E-state index is 0.144. The first-order valence-electron chi connectivity index (χ1n) is 8.01. The summed E-state index contributed by atoms with van der Waals surface area (Å²) in [5, 5.41) is 3.31. The van der Waals surface area contributed by atoms with Gasteiger partial charge in [0.1, 0.15) is 0 Å². The third-order valence-electron chi connectivity index (χ3n) is 4.78. The number of likely N-dealkylation sites (N-methyl/N-ethyl adjacent to an activating group) is 1. The van der Waals surface area contributed by atoms with Gasteiger partial charge in [-0.2, -0.15) is 0 Å². The molecule has 1 aromatic rings. The molecule has 0 radical (unpaired) electrons. The van der Waals surface area contributed by atoms with Gasteiger partial charge in [-0.15, -0.1) is 0 Å². The molecule has 1 N–H and O–H groups in total. The maximum atomic E-state index is 11.6. The van der Waals surface area contributed by atoms with Crippen LogP contribution in [-0.4, -0.2) is 38.0 Å². The molecule has 1 fully saturated rings. The monoisotopic (exact) mass is 288 g/mol. The van der Waals surface area contributed by atoms with Crippen molar-refractivity contribution in [2.75, 3.05) is 27.2 Å². The van der Waals surface area contributed by atoms with Crippen molar-refractivity contribution in [2.45, 2.75) is 44.4 Å². The van der Waals surface area contributed by atoms with Crippen LogP contribution in [0.1, 0.15) is 43.2 Å². The average Bonchev–Trinajstić information content (AvgIpc) is 2.94. The van der Waals surface area contributed by atoms with E-state index in [1.807, 2.05) is 0 Å². The second kappa shape index (κ2) is 7.08. The quantitative estimate of drug-likeness (QED) is 0.816. The fourth-order valence-corrected chi connectivity index (χ4v) is 3.32. The number of benzene rings is 1. The van der Waals surface area contributed by atoms with Crippen molar-refractivity contribution < 1.29 is 4.79 Å². The third-order valence-corrected chi connectivity index (χ3v) is 4.78. The van der Waals surface area contributed by atoms with E-state index in [2.05, 4.69) is 36.5 Å². The first-order chi connectivity index (χ1) is 10.0. The molecule has 0 atom stereocenters. The summed E-state index contributed by atoms with van der Waals surface area (Å²) in [5.74, 6) is 0.144. The van der Waals surface area contributed by atoms with Gasteiger partial charge in [0, 0.05) is 14.1 Å². The van der Waals surface area contributed by atoms with Crippen molar-refractivity contribution in [3.8, 4) is 0 Å². The van der Waals surface area contributed by atoms with Gasteiger partial charge in [0.25, 0.3) is 0 Å². The van der Waals surface area contributed by atoms with Crippen molar-refractivity contribution >= 4 is 5.91 Å². The molecule has 1 aliphatic rings. The highest BCUT2D eigenvalue weighted by Crippen LogP contribution is 2.43. The summed E-state index contributed by atoms with van der Waals surface area (Å²) in [6.07, 6.45) is 6.32. The van der Waals surface area contributed by atoms with Gasteiger partial charge in [0.05, 0.1) is 6.54 Å². The summed E-state index contributed by atoms with van der Waals surface area (Å²) in [6.45, 7) is 3.49. The fourth-order valence-electron chi connectivity index (χ4n) is 3.32. The van der Waals surface area contributed by atoms with Crippen LogP contribution in [0.15, 0.2) is 24.3 Å². The summed E-state index contributed by atoms with van der Waals surface area (Å²) >= 11 is 0. The van der Waals surface area contributed by atoms with E-state index >= 15 is 0 Å². The molecule has 1 amide bonds. The van der Waals surface area contributed by atoms with E-state index in [1.54, 1.807) is 19.0 Å². The summed E-state index contributed by atoms with van der Waals surface area (Å²) in [5.41, 5.74) is 3.12. The van der Waals surface area contributed by atoms with E-state index < -0.39 is 0 Å². The van der Waals surface area contributed by atoms with Gasteiger partial charge in [-0.1, -0.05) is 42.7 Å². The molecule has 116 valence electrons. The van der Waals surface area contributed by atoms with Gasteiger partial charge in [-0.3, -0.25) is 4.79 Å². The Labute approximate surface area is 128 Å². The van der Waals surface area contributed by atoms with Crippen LogP contribution >= 0.6 is 0 Å². The molecule has 0 saturated heterocycles. The third kappa shape index (κ3) is 4.07. The number of carbonyl (C=O) groups excluding carboxylic acids is 1. The summed E-state index contributed by atoms with van der Waals surface area (Å²) in [7, 11) is 3.60. The second-order valence-corrected chi connectivity index (χ2v) is 6.57. The minimum Gasteiger partial charge on any atom is -0.348 e. The Morgan fingerprint density at radius 1 is 1.19 bits per heavy atom. The normalized spacial score (nSPS) is 16.9. The molecule has 2 rings (SSSR count). The predicted octanol–water partition coefficient (Wildman–Crippen LogP) is 2.87. The van der Waals surface area contributed by atoms with E-state index in [-0.39, 0.29) is 5.91 Å². The van der Waals surface area contributed by atoms with E-state index in [0.29, 0.717) is 12.0 Å². The molecule has 1 aromatic carbocycles. The van der Waals surface area contributed by atoms with Crippen LogP contribution in [-0.2, 0) is 10.2 Å². The standard InChI is InChI=1S/C18H28N2O/c1-15-6-8-16(9-7-15)18(10-4-5-11-18)12-13-19-14-17(21)20(2)3/h6-9,19H,4-5,10-14H2,1-3H3. The Morgan fingerprint density at radius 2 is 1.81 bits per heavy atom. The number of nitrogens with zero attached hydrogens (tertiary/aromatic N) is 1. The van der Waals surface area contributed by atoms with Gasteiger partial charge in [-0.25, -0.2) is 0 Å². The van der Waals surface area contributed by atoms with E-state index in [4.69, 9.17) is 0 Å². The Balaban J connectivity index is 1.93. The molecule has 0 aliphatic heterocycles. The predicted molar refractivity (Wildman–Crippen MR) is 87.5 cm³/mol. The number of aryl methyl sites for hydroxylation is 1. The molecule has 0 spiro atoms. The molecule has 0 heterocycles. The van der Waals surface area contributed by atoms with E-state index in [0.717, 1.165) is 13.0 Å². The number of nitrogens with one attached hydrogen (secondary N) is 1. The van der Waals surface area contributed by atoms with Gasteiger partial charge in [0.2, 0.25) is 5.91 Å². The second-order valence-electron chi connectivity index (χ2n) is 6.57. The number of amides is 1. The highest BCUT2D eigenvalue weighted by Gasteiger charge is 2.34. The van der Waals surface area contributed by atoms with Gasteiger partial charge < -0.3 is 10.2 Å². The van der Waals surface area contributed by atoms with Crippen molar-refractivity contribution in [3.63, 3.8) is 0 Å². The van der Waals surface area contributed by atoms with Gasteiger partial charge in [-0.05, 0) is 43.7 Å². The highest BCUT2D eigenvalue weighted by molar-refractivity contribution is 5.77. The zero-order valence-corrected chi connectivity index (χ0v) is 13.6. The van der Waals surface area contributed by atoms with E-state index in [1.165, 1.54) is 36.8 Å². The molecule has 0 bridgehead atoms. The summed E-state index contributed by atoms with van der Waals surface area (Å²) in [6, 6.07) is 9.04. The largest absolute Gasteiger partial charge is 0.348 e. The number of hydrogen-bond acceptors (Lipinski definition) is 2. The number of rotatable bonds is 6. The molecule has 0 aromatic heterocycles. The van der Waals surface area contributed by atoms with Crippen molar-refractivity contribution in [1.82, 2.24) is 10.2 Å². The number of carbonyl (C=O) groups is 1. The molecule has 21 heavy (non-hydrogen) atoms. The molecule has 1 saturated carbocycles. The maximum absolute atomic E-state index is 11.6. The Morgan fingerprint density at radius 3 is 2.38 bits per heavy atom. The molecule has 0 unspecified atom stereocenters. The summed E-state index contributed by atoms with van der Waals surface area (Å²) < 4.78 is 0. The van der Waals surface area contributed by atoms with Gasteiger partial charge >= 0.3 is 0 Å². The highest BCUT2D eigenvalue weighted by atomic mass is 16.2. The SMILES string of the molecule is Cc1ccc(C2(CCNCC(=O)N(C)C)CCCC2)cc1. The molecular weight excluding hydrogens is 260 g/mol. The number of hydrogen-bond donors (Lipinski definition) is 1. The first-order valence-corrected chi connectivity index (χ1v) is 8.01. The van der Waals surface area contributed by atoms with Crippen molar-refractivity contribution in [1.29, 1.82) is 0 Å². The van der Waals surface area contributed by atoms with Crippen LogP contribution in [0.4, 0.5) is 0 Å². The lowest BCUT2D eigenvalue weighted by Gasteiger charge is -2.30. The first kappa shape index (κ1) is 16.0. The van der Waals surface area contributed by atoms with Crippen molar-refractivity contribution in [2.24, 2.45) is 0 Å². The Kier molecular flexibility index (Phi) is 5.40. The molecule has 1 aliphatic carbocycles. The lowest BCUT2D eigenvalue weighted by atomic mass is 9.76. The minimum atomic E-state index is 0.144. The van der Waals surface area contributed by atoms with Crippen LogP contribution in [0.2, 0.25) is 0 Å². The Hall–Kier alpha value is -1.35. The smallest absolute Gasteiger partial charge is 0.236 e. The van der Waals surface area contributed by atoms with Crippen molar-refractivity contribution in [3.05, 3.63) is 35.4 Å². The molecular formula is C18H28N2O. The van der Waals surface area contributed by atoms with Crippen LogP contribution in [0.5, 0.6) is 0 Å². The zero-order valence-electron chi connectivity index (χ0n) is 13.6. The van der Waals surface area contributed by atoms with E-state index in [9.17, 15) is 4.79 Å². The maximum Gasteiger partial charge on any atom is 0.236 e. The lowest BCUT2D eigenvalue weighted by molar-refractivity contribution is -0.127. The topological polar surface area (TPSA) is 32.3 Å². The molecule has 3 heteroatoms. The fraction of sp³-hybridized carbons (Fsp3) is 0.611. The Bertz CT molecular complexity index is 459. The van der Waals surface area contributed by atoms with Gasteiger partial charge in [0.15, 0.2) is 0 Å². The van der Waals surface area contributed by atoms with Crippen LogP contribution in [0, 0.1) is 6.92 Å². The molecule has 3 nitrogen and oxygen atoms in total.